The van der Waals surface area contributed by atoms with Gasteiger partial charge in [-0.2, -0.15) is 0 Å². The molecule has 0 saturated heterocycles. The highest BCUT2D eigenvalue weighted by Crippen LogP contribution is 2.39. The number of anilines is 1. The average Bonchev–Trinajstić information content (AvgIpc) is 2.88. The maximum atomic E-state index is 11.6. The molecule has 2 nitrogen and oxygen atoms in total. The van der Waals surface area contributed by atoms with Crippen molar-refractivity contribution in [3.05, 3.63) is 27.7 Å². The lowest BCUT2D eigenvalue weighted by Gasteiger charge is -2.06. The van der Waals surface area contributed by atoms with E-state index in [0.717, 1.165) is 10.9 Å². The van der Waals surface area contributed by atoms with Crippen molar-refractivity contribution >= 4 is 39.1 Å². The van der Waals surface area contributed by atoms with E-state index in [1.807, 2.05) is 6.07 Å². The molecule has 1 aromatic carbocycles. The van der Waals surface area contributed by atoms with Crippen molar-refractivity contribution in [1.82, 2.24) is 0 Å². The normalized spacial score (nSPS) is 23.7. The van der Waals surface area contributed by atoms with Crippen LogP contribution in [0.1, 0.15) is 13.3 Å². The van der Waals surface area contributed by atoms with E-state index in [2.05, 4.69) is 28.2 Å². The molecule has 4 heteroatoms. The highest BCUT2D eigenvalue weighted by molar-refractivity contribution is 9.10. The number of hydrogen-bond donors (Lipinski definition) is 1. The minimum absolute atomic E-state index is 0.0757. The van der Waals surface area contributed by atoms with Crippen LogP contribution in [0.4, 0.5) is 5.69 Å². The summed E-state index contributed by atoms with van der Waals surface area (Å²) in [5, 5.41) is 3.40. The highest BCUT2D eigenvalue weighted by atomic mass is 79.9. The number of halogens is 2. The molecule has 1 amide bonds. The van der Waals surface area contributed by atoms with Gasteiger partial charge in [-0.3, -0.25) is 4.79 Å². The lowest BCUT2D eigenvalue weighted by atomic mass is 10.3. The van der Waals surface area contributed by atoms with Gasteiger partial charge in [-0.25, -0.2) is 0 Å². The van der Waals surface area contributed by atoms with Crippen LogP contribution in [0.25, 0.3) is 0 Å². The summed E-state index contributed by atoms with van der Waals surface area (Å²) in [6, 6.07) is 5.43. The first kappa shape index (κ1) is 11.0. The second-order valence-corrected chi connectivity index (χ2v) is 5.26. The van der Waals surface area contributed by atoms with Crippen LogP contribution in [0, 0.1) is 11.8 Å². The summed E-state index contributed by atoms with van der Waals surface area (Å²) in [4.78, 5) is 11.6. The van der Waals surface area contributed by atoms with Crippen LogP contribution in [-0.2, 0) is 4.79 Å². The Labute approximate surface area is 102 Å². The number of benzene rings is 1. The molecule has 0 spiro atoms. The highest BCUT2D eigenvalue weighted by Gasteiger charge is 2.39. The number of carbonyl (C=O) groups is 1. The summed E-state index contributed by atoms with van der Waals surface area (Å²) in [7, 11) is 0. The third-order valence-electron chi connectivity index (χ3n) is 2.64. The topological polar surface area (TPSA) is 29.1 Å². The lowest BCUT2D eigenvalue weighted by Crippen LogP contribution is -2.14. The van der Waals surface area contributed by atoms with E-state index in [9.17, 15) is 4.79 Å². The van der Waals surface area contributed by atoms with Gasteiger partial charge in [0, 0.05) is 10.4 Å². The van der Waals surface area contributed by atoms with Crippen molar-refractivity contribution in [2.24, 2.45) is 11.8 Å². The van der Waals surface area contributed by atoms with E-state index in [-0.39, 0.29) is 11.8 Å². The number of carbonyl (C=O) groups excluding carboxylic acids is 1. The fourth-order valence-corrected chi connectivity index (χ4v) is 2.22. The van der Waals surface area contributed by atoms with Crippen molar-refractivity contribution < 1.29 is 4.79 Å². The first-order valence-electron chi connectivity index (χ1n) is 4.84. The largest absolute Gasteiger partial charge is 0.325 e. The van der Waals surface area contributed by atoms with Gasteiger partial charge in [-0.1, -0.05) is 34.5 Å². The second kappa shape index (κ2) is 4.14. The van der Waals surface area contributed by atoms with Gasteiger partial charge in [0.1, 0.15) is 0 Å². The Balaban J connectivity index is 2.07. The molecule has 1 aromatic rings. The van der Waals surface area contributed by atoms with E-state index in [4.69, 9.17) is 11.6 Å². The summed E-state index contributed by atoms with van der Waals surface area (Å²) < 4.78 is 0.908. The van der Waals surface area contributed by atoms with E-state index < -0.39 is 0 Å². The Hall–Kier alpha value is -0.540. The average molecular weight is 289 g/mol. The summed E-state index contributed by atoms with van der Waals surface area (Å²) >= 11 is 9.31. The smallest absolute Gasteiger partial charge is 0.227 e. The molecule has 0 aliphatic heterocycles. The number of hydrogen-bond acceptors (Lipinski definition) is 1. The first-order chi connectivity index (χ1) is 7.08. The summed E-state index contributed by atoms with van der Waals surface area (Å²) in [5.41, 5.74) is 0.684. The molecule has 1 fully saturated rings. The minimum atomic E-state index is 0.0757. The van der Waals surface area contributed by atoms with Crippen molar-refractivity contribution in [2.75, 3.05) is 5.32 Å². The molecule has 1 N–H and O–H groups in total. The third-order valence-corrected chi connectivity index (χ3v) is 3.44. The minimum Gasteiger partial charge on any atom is -0.325 e. The van der Waals surface area contributed by atoms with Gasteiger partial charge in [0.05, 0.1) is 10.7 Å². The second-order valence-electron chi connectivity index (χ2n) is 3.93. The maximum Gasteiger partial charge on any atom is 0.227 e. The number of rotatable bonds is 2. The zero-order valence-corrected chi connectivity index (χ0v) is 10.6. The van der Waals surface area contributed by atoms with E-state index in [1.54, 1.807) is 12.1 Å². The lowest BCUT2D eigenvalue weighted by molar-refractivity contribution is -0.117. The number of nitrogens with one attached hydrogen (secondary N) is 1. The monoisotopic (exact) mass is 287 g/mol. The van der Waals surface area contributed by atoms with Crippen LogP contribution in [0.15, 0.2) is 22.7 Å². The molecule has 1 saturated carbocycles. The van der Waals surface area contributed by atoms with E-state index >= 15 is 0 Å². The van der Waals surface area contributed by atoms with Gasteiger partial charge < -0.3 is 5.32 Å². The van der Waals surface area contributed by atoms with Gasteiger partial charge in [-0.15, -0.1) is 0 Å². The predicted molar refractivity (Wildman–Crippen MR) is 65.1 cm³/mol. The molecule has 80 valence electrons. The third kappa shape index (κ3) is 2.52. The zero-order valence-electron chi connectivity index (χ0n) is 8.26. The Bertz CT molecular complexity index is 408. The molecule has 15 heavy (non-hydrogen) atoms. The molecule has 1 aliphatic carbocycles. The van der Waals surface area contributed by atoms with Crippen LogP contribution < -0.4 is 5.32 Å². The Morgan fingerprint density at radius 1 is 1.60 bits per heavy atom. The molecule has 0 aromatic heterocycles. The van der Waals surface area contributed by atoms with Crippen LogP contribution in [0.3, 0.4) is 0 Å². The summed E-state index contributed by atoms with van der Waals surface area (Å²) in [5.74, 6) is 0.760. The van der Waals surface area contributed by atoms with Gasteiger partial charge in [-0.05, 0) is 30.5 Å². The maximum absolute atomic E-state index is 11.6. The fraction of sp³-hybridized carbons (Fsp3) is 0.364. The predicted octanol–water partition coefficient (Wildman–Crippen LogP) is 3.70. The Morgan fingerprint density at radius 2 is 2.27 bits per heavy atom. The standard InChI is InChI=1S/C11H11BrClNO/c1-6-4-8(6)11(15)14-10-3-2-7(12)5-9(10)13/h2-3,5-6,8H,4H2,1H3,(H,14,15)/t6-,8-/m1/s1. The molecule has 0 heterocycles. The molecule has 1 aliphatic rings. The SMILES string of the molecule is C[C@@H]1C[C@H]1C(=O)Nc1ccc(Br)cc1Cl. The first-order valence-corrected chi connectivity index (χ1v) is 6.01. The molecule has 0 unspecified atom stereocenters. The van der Waals surface area contributed by atoms with Gasteiger partial charge in [0.25, 0.3) is 0 Å². The van der Waals surface area contributed by atoms with E-state index in [0.29, 0.717) is 16.6 Å². The Kier molecular flexibility index (Phi) is 3.03. The molecule has 0 bridgehead atoms. The Morgan fingerprint density at radius 3 is 2.80 bits per heavy atom. The van der Waals surface area contributed by atoms with Crippen LogP contribution in [0.2, 0.25) is 5.02 Å². The van der Waals surface area contributed by atoms with Crippen molar-refractivity contribution in [3.63, 3.8) is 0 Å². The van der Waals surface area contributed by atoms with Crippen molar-refractivity contribution in [1.29, 1.82) is 0 Å². The summed E-state index contributed by atoms with van der Waals surface area (Å²) in [6.07, 6.45) is 0.986. The van der Waals surface area contributed by atoms with Crippen LogP contribution in [0.5, 0.6) is 0 Å². The molecular formula is C11H11BrClNO. The molecule has 2 rings (SSSR count). The van der Waals surface area contributed by atoms with Crippen molar-refractivity contribution in [3.8, 4) is 0 Å². The number of amides is 1. The zero-order chi connectivity index (χ0) is 11.0. The summed E-state index contributed by atoms with van der Waals surface area (Å²) in [6.45, 7) is 2.08. The van der Waals surface area contributed by atoms with Gasteiger partial charge in [0.2, 0.25) is 5.91 Å². The van der Waals surface area contributed by atoms with Crippen LogP contribution >= 0.6 is 27.5 Å². The van der Waals surface area contributed by atoms with Crippen molar-refractivity contribution in [2.45, 2.75) is 13.3 Å². The molecule has 2 atom stereocenters. The molecule has 0 radical (unpaired) electrons. The molecular weight excluding hydrogens is 277 g/mol. The fourth-order valence-electron chi connectivity index (χ4n) is 1.50. The van der Waals surface area contributed by atoms with Gasteiger partial charge >= 0.3 is 0 Å². The van der Waals surface area contributed by atoms with Gasteiger partial charge in [0.15, 0.2) is 0 Å². The van der Waals surface area contributed by atoms with Crippen LogP contribution in [-0.4, -0.2) is 5.91 Å². The quantitative estimate of drug-likeness (QED) is 0.883. The van der Waals surface area contributed by atoms with E-state index in [1.165, 1.54) is 0 Å².